The van der Waals surface area contributed by atoms with Gasteiger partial charge in [0.05, 0.1) is 0 Å². The Morgan fingerprint density at radius 1 is 1.17 bits per heavy atom. The van der Waals surface area contributed by atoms with Crippen molar-refractivity contribution in [3.8, 4) is 0 Å². The number of hydrogen-bond donors (Lipinski definition) is 1. The number of nitrogens with one attached hydrogen (secondary N) is 1. The van der Waals surface area contributed by atoms with Crippen molar-refractivity contribution >= 4 is 11.8 Å². The molecule has 0 heterocycles. The van der Waals surface area contributed by atoms with Crippen LogP contribution in [0.3, 0.4) is 0 Å². The van der Waals surface area contributed by atoms with E-state index in [4.69, 9.17) is 0 Å². The smallest absolute Gasteiger partial charge is 0.0161 e. The zero-order valence-electron chi connectivity index (χ0n) is 12.0. The van der Waals surface area contributed by atoms with Crippen molar-refractivity contribution in [2.45, 2.75) is 51.3 Å². The van der Waals surface area contributed by atoms with E-state index in [1.165, 1.54) is 30.6 Å². The lowest BCUT2D eigenvalue weighted by molar-refractivity contribution is 0.537. The minimum atomic E-state index is 0.647. The minimum Gasteiger partial charge on any atom is -0.313 e. The van der Waals surface area contributed by atoms with Crippen LogP contribution in [-0.4, -0.2) is 23.6 Å². The average Bonchev–Trinajstić information content (AvgIpc) is 2.42. The molecule has 0 saturated carbocycles. The van der Waals surface area contributed by atoms with Crippen molar-refractivity contribution < 1.29 is 0 Å². The summed E-state index contributed by atoms with van der Waals surface area (Å²) in [7, 11) is 0. The largest absolute Gasteiger partial charge is 0.313 e. The van der Waals surface area contributed by atoms with E-state index in [1.807, 2.05) is 0 Å². The van der Waals surface area contributed by atoms with Crippen LogP contribution in [0, 0.1) is 0 Å². The Morgan fingerprint density at radius 2 is 1.89 bits per heavy atom. The van der Waals surface area contributed by atoms with Crippen molar-refractivity contribution in [2.24, 2.45) is 0 Å². The summed E-state index contributed by atoms with van der Waals surface area (Å²) in [4.78, 5) is 0. The van der Waals surface area contributed by atoms with Crippen LogP contribution in [0.1, 0.15) is 39.2 Å². The molecule has 0 radical (unpaired) electrons. The molecule has 2 heteroatoms. The van der Waals surface area contributed by atoms with Gasteiger partial charge in [-0.25, -0.2) is 0 Å². The first-order valence-electron chi connectivity index (χ1n) is 7.15. The maximum atomic E-state index is 3.61. The van der Waals surface area contributed by atoms with Gasteiger partial charge in [-0.2, -0.15) is 11.8 Å². The molecule has 2 atom stereocenters. The van der Waals surface area contributed by atoms with E-state index in [0.29, 0.717) is 6.04 Å². The van der Waals surface area contributed by atoms with Crippen LogP contribution >= 0.6 is 11.8 Å². The van der Waals surface area contributed by atoms with Crippen LogP contribution in [0.4, 0.5) is 0 Å². The molecule has 1 N–H and O–H groups in total. The molecule has 0 spiro atoms. The molecule has 0 saturated heterocycles. The fourth-order valence-electron chi connectivity index (χ4n) is 1.92. The Morgan fingerprint density at radius 3 is 2.50 bits per heavy atom. The summed E-state index contributed by atoms with van der Waals surface area (Å²) in [5.74, 6) is 1.23. The predicted octanol–water partition coefficient (Wildman–Crippen LogP) is 4.13. The molecule has 0 aliphatic heterocycles. The molecule has 0 fully saturated rings. The topological polar surface area (TPSA) is 12.0 Å². The van der Waals surface area contributed by atoms with Crippen LogP contribution in [0.25, 0.3) is 0 Å². The van der Waals surface area contributed by atoms with Crippen LogP contribution in [-0.2, 0) is 6.42 Å². The lowest BCUT2D eigenvalue weighted by Crippen LogP contribution is -2.32. The van der Waals surface area contributed by atoms with Gasteiger partial charge in [0.2, 0.25) is 0 Å². The first kappa shape index (κ1) is 15.6. The van der Waals surface area contributed by atoms with E-state index in [0.717, 1.165) is 11.8 Å². The Balaban J connectivity index is 2.33. The number of benzene rings is 1. The predicted molar refractivity (Wildman–Crippen MR) is 84.4 cm³/mol. The molecule has 1 nitrogen and oxygen atoms in total. The van der Waals surface area contributed by atoms with E-state index < -0.39 is 0 Å². The molecular formula is C16H27NS. The number of thioether (sulfide) groups is 1. The van der Waals surface area contributed by atoms with Crippen LogP contribution in [0.2, 0.25) is 0 Å². The third kappa shape index (κ3) is 6.46. The molecule has 0 bridgehead atoms. The lowest BCUT2D eigenvalue weighted by atomic mass is 10.1. The van der Waals surface area contributed by atoms with Gasteiger partial charge in [-0.3, -0.25) is 0 Å². The molecule has 2 unspecified atom stereocenters. The van der Waals surface area contributed by atoms with E-state index >= 15 is 0 Å². The van der Waals surface area contributed by atoms with Crippen LogP contribution in [0.5, 0.6) is 0 Å². The van der Waals surface area contributed by atoms with Gasteiger partial charge in [-0.1, -0.05) is 51.1 Å². The van der Waals surface area contributed by atoms with Crippen molar-refractivity contribution in [1.82, 2.24) is 5.32 Å². The molecular weight excluding hydrogens is 238 g/mol. The van der Waals surface area contributed by atoms with E-state index in [1.54, 1.807) is 0 Å². The summed E-state index contributed by atoms with van der Waals surface area (Å²) >= 11 is 2.10. The summed E-state index contributed by atoms with van der Waals surface area (Å²) in [5.41, 5.74) is 1.45. The Bertz CT molecular complexity index is 299. The maximum Gasteiger partial charge on any atom is 0.0161 e. The fraction of sp³-hybridized carbons (Fsp3) is 0.625. The quantitative estimate of drug-likeness (QED) is 0.720. The van der Waals surface area contributed by atoms with Gasteiger partial charge in [0.25, 0.3) is 0 Å². The maximum absolute atomic E-state index is 3.61. The van der Waals surface area contributed by atoms with Gasteiger partial charge in [0, 0.05) is 17.0 Å². The van der Waals surface area contributed by atoms with E-state index in [-0.39, 0.29) is 0 Å². The third-order valence-electron chi connectivity index (χ3n) is 3.27. The Kier molecular flexibility index (Phi) is 8.19. The minimum absolute atomic E-state index is 0.647. The van der Waals surface area contributed by atoms with Gasteiger partial charge in [-0.15, -0.1) is 0 Å². The zero-order chi connectivity index (χ0) is 13.2. The van der Waals surface area contributed by atoms with E-state index in [2.05, 4.69) is 68.2 Å². The number of aryl methyl sites for hydroxylation is 1. The Labute approximate surface area is 117 Å². The standard InChI is InChI=1S/C16H27NS/c1-4-14(3)18-13-16(17-5-2)12-11-15-9-7-6-8-10-15/h6-10,14,16-17H,4-5,11-13H2,1-3H3. The highest BCUT2D eigenvalue weighted by molar-refractivity contribution is 7.99. The Hall–Kier alpha value is -0.470. The summed E-state index contributed by atoms with van der Waals surface area (Å²) < 4.78 is 0. The highest BCUT2D eigenvalue weighted by Crippen LogP contribution is 2.16. The number of hydrogen-bond acceptors (Lipinski definition) is 2. The molecule has 0 amide bonds. The van der Waals surface area contributed by atoms with Crippen molar-refractivity contribution in [3.05, 3.63) is 35.9 Å². The normalized spacial score (nSPS) is 14.4. The summed E-state index contributed by atoms with van der Waals surface area (Å²) in [6, 6.07) is 11.4. The van der Waals surface area contributed by atoms with Crippen LogP contribution in [0.15, 0.2) is 30.3 Å². The molecule has 18 heavy (non-hydrogen) atoms. The summed E-state index contributed by atoms with van der Waals surface area (Å²) in [5, 5.41) is 4.39. The first-order valence-corrected chi connectivity index (χ1v) is 8.20. The third-order valence-corrected chi connectivity index (χ3v) is 4.77. The summed E-state index contributed by atoms with van der Waals surface area (Å²) in [6.07, 6.45) is 3.68. The molecule has 1 aromatic carbocycles. The highest BCUT2D eigenvalue weighted by atomic mass is 32.2. The first-order chi connectivity index (χ1) is 8.76. The van der Waals surface area contributed by atoms with Gasteiger partial charge in [0.1, 0.15) is 0 Å². The molecule has 1 aromatic rings. The molecule has 102 valence electrons. The summed E-state index contributed by atoms with van der Waals surface area (Å²) in [6.45, 7) is 7.86. The van der Waals surface area contributed by atoms with Gasteiger partial charge in [0.15, 0.2) is 0 Å². The number of rotatable bonds is 9. The lowest BCUT2D eigenvalue weighted by Gasteiger charge is -2.19. The highest BCUT2D eigenvalue weighted by Gasteiger charge is 2.09. The molecule has 0 aliphatic carbocycles. The SMILES string of the molecule is CCNC(CCc1ccccc1)CSC(C)CC. The zero-order valence-corrected chi connectivity index (χ0v) is 12.8. The van der Waals surface area contributed by atoms with E-state index in [9.17, 15) is 0 Å². The fourth-order valence-corrected chi connectivity index (χ4v) is 3.00. The second-order valence-corrected chi connectivity index (χ2v) is 6.30. The monoisotopic (exact) mass is 265 g/mol. The molecule has 0 aromatic heterocycles. The van der Waals surface area contributed by atoms with Gasteiger partial charge >= 0.3 is 0 Å². The van der Waals surface area contributed by atoms with Crippen LogP contribution < -0.4 is 5.32 Å². The van der Waals surface area contributed by atoms with Crippen molar-refractivity contribution in [1.29, 1.82) is 0 Å². The average molecular weight is 265 g/mol. The molecule has 1 rings (SSSR count). The second-order valence-electron chi connectivity index (χ2n) is 4.83. The van der Waals surface area contributed by atoms with Gasteiger partial charge < -0.3 is 5.32 Å². The van der Waals surface area contributed by atoms with Gasteiger partial charge in [-0.05, 0) is 31.4 Å². The second kappa shape index (κ2) is 9.46. The van der Waals surface area contributed by atoms with Crippen molar-refractivity contribution in [3.63, 3.8) is 0 Å². The van der Waals surface area contributed by atoms with Crippen molar-refractivity contribution in [2.75, 3.05) is 12.3 Å². The molecule has 0 aliphatic rings.